The lowest BCUT2D eigenvalue weighted by Crippen LogP contribution is -2.32. The molecule has 3 N–H and O–H groups in total. The summed E-state index contributed by atoms with van der Waals surface area (Å²) in [6.07, 6.45) is 0.784. The fourth-order valence-corrected chi connectivity index (χ4v) is 1.13. The van der Waals surface area contributed by atoms with Gasteiger partial charge in [-0.15, -0.1) is 0 Å². The SMILES string of the molecule is CCc1n[nH]c(=S)n1NC(=S)NC. The Bertz CT molecular complexity index is 352. The van der Waals surface area contributed by atoms with Crippen molar-refractivity contribution in [3.63, 3.8) is 0 Å². The molecule has 1 aromatic rings. The second-order valence-electron chi connectivity index (χ2n) is 2.32. The molecule has 0 saturated carbocycles. The van der Waals surface area contributed by atoms with Gasteiger partial charge in [-0.05, 0) is 24.4 Å². The maximum Gasteiger partial charge on any atom is 0.214 e. The van der Waals surface area contributed by atoms with Crippen molar-refractivity contribution in [2.24, 2.45) is 0 Å². The summed E-state index contributed by atoms with van der Waals surface area (Å²) in [5.41, 5.74) is 2.90. The molecule has 72 valence electrons. The minimum absolute atomic E-state index is 0.507. The van der Waals surface area contributed by atoms with Gasteiger partial charge in [0, 0.05) is 13.5 Å². The third kappa shape index (κ3) is 2.25. The highest BCUT2D eigenvalue weighted by Gasteiger charge is 2.03. The van der Waals surface area contributed by atoms with Crippen molar-refractivity contribution in [2.75, 3.05) is 12.5 Å². The molecule has 0 radical (unpaired) electrons. The Kier molecular flexibility index (Phi) is 3.38. The fraction of sp³-hybridized carbons (Fsp3) is 0.500. The third-order valence-electron chi connectivity index (χ3n) is 1.50. The first-order valence-electron chi connectivity index (χ1n) is 3.84. The summed E-state index contributed by atoms with van der Waals surface area (Å²) in [7, 11) is 1.74. The van der Waals surface area contributed by atoms with Crippen molar-refractivity contribution in [3.8, 4) is 0 Å². The Labute approximate surface area is 86.5 Å². The summed E-state index contributed by atoms with van der Waals surface area (Å²) in [6.45, 7) is 1.99. The van der Waals surface area contributed by atoms with Crippen LogP contribution in [0.25, 0.3) is 0 Å². The molecule has 0 atom stereocenters. The van der Waals surface area contributed by atoms with E-state index in [1.165, 1.54) is 0 Å². The molecule has 0 bridgehead atoms. The number of aromatic nitrogens is 3. The van der Waals surface area contributed by atoms with Gasteiger partial charge in [0.2, 0.25) is 4.77 Å². The van der Waals surface area contributed by atoms with E-state index in [1.807, 2.05) is 6.92 Å². The lowest BCUT2D eigenvalue weighted by atomic mass is 10.5. The fourth-order valence-electron chi connectivity index (χ4n) is 0.839. The Morgan fingerprint density at radius 2 is 2.38 bits per heavy atom. The van der Waals surface area contributed by atoms with Crippen LogP contribution < -0.4 is 10.7 Å². The molecule has 0 spiro atoms. The molecule has 5 nitrogen and oxygen atoms in total. The van der Waals surface area contributed by atoms with E-state index in [0.717, 1.165) is 12.2 Å². The minimum atomic E-state index is 0.507. The number of H-pyrrole nitrogens is 1. The minimum Gasteiger partial charge on any atom is -0.364 e. The van der Waals surface area contributed by atoms with Crippen LogP contribution in [0.5, 0.6) is 0 Å². The zero-order chi connectivity index (χ0) is 9.84. The predicted octanol–water partition coefficient (Wildman–Crippen LogP) is 0.551. The highest BCUT2D eigenvalue weighted by molar-refractivity contribution is 7.80. The zero-order valence-corrected chi connectivity index (χ0v) is 9.05. The molecule has 7 heteroatoms. The normalized spacial score (nSPS) is 9.69. The van der Waals surface area contributed by atoms with Crippen LogP contribution in [0, 0.1) is 4.77 Å². The molecular formula is C6H11N5S2. The molecule has 0 aliphatic rings. The molecule has 1 rings (SSSR count). The number of rotatable bonds is 2. The van der Waals surface area contributed by atoms with Crippen molar-refractivity contribution in [1.29, 1.82) is 0 Å². The first kappa shape index (κ1) is 10.1. The van der Waals surface area contributed by atoms with E-state index in [4.69, 9.17) is 24.4 Å². The topological polar surface area (TPSA) is 57.7 Å². The van der Waals surface area contributed by atoms with Crippen molar-refractivity contribution in [3.05, 3.63) is 10.6 Å². The van der Waals surface area contributed by atoms with Crippen molar-refractivity contribution in [2.45, 2.75) is 13.3 Å². The van der Waals surface area contributed by atoms with E-state index in [9.17, 15) is 0 Å². The first-order valence-corrected chi connectivity index (χ1v) is 4.65. The number of aryl methyl sites for hydroxylation is 1. The van der Waals surface area contributed by atoms with Crippen molar-refractivity contribution >= 4 is 29.5 Å². The molecule has 13 heavy (non-hydrogen) atoms. The van der Waals surface area contributed by atoms with Crippen LogP contribution in [0.2, 0.25) is 0 Å². The largest absolute Gasteiger partial charge is 0.364 e. The number of hydrogen-bond donors (Lipinski definition) is 3. The Morgan fingerprint density at radius 3 is 2.92 bits per heavy atom. The molecule has 0 aromatic carbocycles. The number of hydrogen-bond acceptors (Lipinski definition) is 3. The number of nitrogens with zero attached hydrogens (tertiary/aromatic N) is 2. The number of aromatic amines is 1. The van der Waals surface area contributed by atoms with E-state index >= 15 is 0 Å². The molecule has 0 unspecified atom stereocenters. The van der Waals surface area contributed by atoms with Gasteiger partial charge in [0.15, 0.2) is 10.9 Å². The molecule has 0 aliphatic carbocycles. The van der Waals surface area contributed by atoms with E-state index in [2.05, 4.69) is 20.9 Å². The van der Waals surface area contributed by atoms with Gasteiger partial charge < -0.3 is 5.32 Å². The zero-order valence-electron chi connectivity index (χ0n) is 7.42. The molecule has 1 aromatic heterocycles. The van der Waals surface area contributed by atoms with Crippen LogP contribution >= 0.6 is 24.4 Å². The van der Waals surface area contributed by atoms with E-state index in [0.29, 0.717) is 9.88 Å². The van der Waals surface area contributed by atoms with E-state index in [1.54, 1.807) is 11.7 Å². The smallest absolute Gasteiger partial charge is 0.214 e. The predicted molar refractivity (Wildman–Crippen MR) is 57.8 cm³/mol. The lowest BCUT2D eigenvalue weighted by molar-refractivity contribution is 0.832. The molecule has 1 heterocycles. The summed E-state index contributed by atoms with van der Waals surface area (Å²) >= 11 is 9.94. The summed E-state index contributed by atoms with van der Waals surface area (Å²) in [5, 5.41) is 10.0. The quantitative estimate of drug-likeness (QED) is 0.632. The van der Waals surface area contributed by atoms with Gasteiger partial charge in [-0.25, -0.2) is 4.68 Å². The molecular weight excluding hydrogens is 206 g/mol. The summed E-state index contributed by atoms with van der Waals surface area (Å²) in [5.74, 6) is 0.822. The van der Waals surface area contributed by atoms with E-state index < -0.39 is 0 Å². The summed E-state index contributed by atoms with van der Waals surface area (Å²) in [4.78, 5) is 0. The van der Waals surface area contributed by atoms with Crippen LogP contribution in [0.4, 0.5) is 0 Å². The third-order valence-corrected chi connectivity index (χ3v) is 2.07. The van der Waals surface area contributed by atoms with Gasteiger partial charge in [-0.1, -0.05) is 6.92 Å². The molecule has 0 aliphatic heterocycles. The Balaban J connectivity index is 2.92. The maximum atomic E-state index is 5.00. The highest BCUT2D eigenvalue weighted by atomic mass is 32.1. The van der Waals surface area contributed by atoms with Crippen LogP contribution in [0.15, 0.2) is 0 Å². The lowest BCUT2D eigenvalue weighted by Gasteiger charge is -2.08. The first-order chi connectivity index (χ1) is 6.19. The number of nitrogens with one attached hydrogen (secondary N) is 3. The second-order valence-corrected chi connectivity index (χ2v) is 3.12. The van der Waals surface area contributed by atoms with Gasteiger partial charge >= 0.3 is 0 Å². The van der Waals surface area contributed by atoms with Crippen LogP contribution in [0.3, 0.4) is 0 Å². The number of thiocarbonyl (C=S) groups is 1. The van der Waals surface area contributed by atoms with Gasteiger partial charge in [-0.3, -0.25) is 10.5 Å². The van der Waals surface area contributed by atoms with Crippen molar-refractivity contribution < 1.29 is 0 Å². The van der Waals surface area contributed by atoms with Gasteiger partial charge in [0.25, 0.3) is 0 Å². The average molecular weight is 217 g/mol. The van der Waals surface area contributed by atoms with Crippen LogP contribution in [-0.4, -0.2) is 27.0 Å². The highest BCUT2D eigenvalue weighted by Crippen LogP contribution is 1.94. The van der Waals surface area contributed by atoms with Gasteiger partial charge in [-0.2, -0.15) is 5.10 Å². The monoisotopic (exact) mass is 217 g/mol. The molecule has 0 amide bonds. The molecule has 0 saturated heterocycles. The summed E-state index contributed by atoms with van der Waals surface area (Å²) in [6, 6.07) is 0. The summed E-state index contributed by atoms with van der Waals surface area (Å²) < 4.78 is 2.16. The Morgan fingerprint density at radius 1 is 1.69 bits per heavy atom. The molecule has 0 fully saturated rings. The average Bonchev–Trinajstić information content (AvgIpc) is 2.48. The van der Waals surface area contributed by atoms with Crippen molar-refractivity contribution in [1.82, 2.24) is 20.2 Å². The standard InChI is InChI=1S/C6H11N5S2/c1-3-4-8-9-6(13)11(4)10-5(12)7-2/h3H2,1-2H3,(H,9,13)(H2,7,10,12). The Hall–Kier alpha value is -0.950. The van der Waals surface area contributed by atoms with Gasteiger partial charge in [0.1, 0.15) is 0 Å². The van der Waals surface area contributed by atoms with E-state index in [-0.39, 0.29) is 0 Å². The van der Waals surface area contributed by atoms with Crippen LogP contribution in [-0.2, 0) is 6.42 Å². The van der Waals surface area contributed by atoms with Crippen LogP contribution in [0.1, 0.15) is 12.7 Å². The maximum absolute atomic E-state index is 5.00. The second kappa shape index (κ2) is 4.33. The van der Waals surface area contributed by atoms with Gasteiger partial charge in [0.05, 0.1) is 0 Å².